The standard InChI is InChI=1S/C11H15FN2O3/c1-10(2,3)17-9(16)14-5-7-11(12,6-14)8(15)4-13-7/h4-5,13,15H,6H2,1-3H3. The van der Waals surface area contributed by atoms with Crippen LogP contribution in [0.1, 0.15) is 20.8 Å². The lowest BCUT2D eigenvalue weighted by Gasteiger charge is -2.24. The predicted molar refractivity (Wildman–Crippen MR) is 58.7 cm³/mol. The second-order valence-corrected chi connectivity index (χ2v) is 5.13. The Labute approximate surface area is 98.5 Å². The first kappa shape index (κ1) is 11.8. The molecule has 1 unspecified atom stereocenters. The number of aliphatic hydroxyl groups excluding tert-OH is 1. The van der Waals surface area contributed by atoms with Gasteiger partial charge in [0, 0.05) is 12.4 Å². The van der Waals surface area contributed by atoms with Gasteiger partial charge in [-0.2, -0.15) is 0 Å². The third kappa shape index (κ3) is 1.94. The van der Waals surface area contributed by atoms with Crippen molar-refractivity contribution in [2.45, 2.75) is 32.0 Å². The van der Waals surface area contributed by atoms with E-state index in [-0.39, 0.29) is 12.2 Å². The van der Waals surface area contributed by atoms with Gasteiger partial charge in [0.25, 0.3) is 0 Å². The molecule has 2 aliphatic rings. The van der Waals surface area contributed by atoms with E-state index in [2.05, 4.69) is 5.32 Å². The summed E-state index contributed by atoms with van der Waals surface area (Å²) in [7, 11) is 0. The molecule has 0 saturated heterocycles. The summed E-state index contributed by atoms with van der Waals surface area (Å²) in [6.07, 6.45) is 1.86. The molecule has 0 aliphatic carbocycles. The van der Waals surface area contributed by atoms with Gasteiger partial charge in [-0.05, 0) is 20.8 Å². The van der Waals surface area contributed by atoms with Crippen LogP contribution >= 0.6 is 0 Å². The van der Waals surface area contributed by atoms with E-state index in [1.54, 1.807) is 20.8 Å². The second-order valence-electron chi connectivity index (χ2n) is 5.13. The highest BCUT2D eigenvalue weighted by atomic mass is 19.1. The van der Waals surface area contributed by atoms with Crippen molar-refractivity contribution in [3.8, 4) is 0 Å². The van der Waals surface area contributed by atoms with Crippen LogP contribution in [0.3, 0.4) is 0 Å². The van der Waals surface area contributed by atoms with Crippen LogP contribution in [0.2, 0.25) is 0 Å². The molecule has 1 amide bonds. The fourth-order valence-corrected chi connectivity index (χ4v) is 1.69. The van der Waals surface area contributed by atoms with Gasteiger partial charge in [-0.25, -0.2) is 9.18 Å². The van der Waals surface area contributed by atoms with E-state index in [0.29, 0.717) is 0 Å². The number of halogens is 1. The largest absolute Gasteiger partial charge is 0.507 e. The number of amides is 1. The molecular formula is C11H15FN2O3. The predicted octanol–water partition coefficient (Wildman–Crippen LogP) is 1.79. The maximum atomic E-state index is 14.2. The maximum absolute atomic E-state index is 14.2. The summed E-state index contributed by atoms with van der Waals surface area (Å²) in [6.45, 7) is 4.92. The molecule has 0 saturated carbocycles. The molecular weight excluding hydrogens is 227 g/mol. The molecule has 0 aromatic rings. The molecule has 2 N–H and O–H groups in total. The average Bonchev–Trinajstić information content (AvgIpc) is 2.62. The van der Waals surface area contributed by atoms with Gasteiger partial charge in [0.05, 0.1) is 12.2 Å². The Morgan fingerprint density at radius 3 is 2.82 bits per heavy atom. The third-order valence-corrected chi connectivity index (χ3v) is 2.50. The number of ether oxygens (including phenoxy) is 1. The lowest BCUT2D eigenvalue weighted by atomic mass is 10.1. The zero-order valence-corrected chi connectivity index (χ0v) is 9.95. The fourth-order valence-electron chi connectivity index (χ4n) is 1.69. The number of carbonyl (C=O) groups excluding carboxylic acids is 1. The minimum absolute atomic E-state index is 0.154. The molecule has 0 aromatic heterocycles. The van der Waals surface area contributed by atoms with E-state index in [1.165, 1.54) is 12.4 Å². The Morgan fingerprint density at radius 2 is 2.29 bits per heavy atom. The molecule has 6 heteroatoms. The number of nitrogens with zero attached hydrogens (tertiary/aromatic N) is 1. The summed E-state index contributed by atoms with van der Waals surface area (Å²) in [5.74, 6) is -0.421. The molecule has 0 fully saturated rings. The van der Waals surface area contributed by atoms with Gasteiger partial charge in [-0.15, -0.1) is 0 Å². The van der Waals surface area contributed by atoms with Crippen LogP contribution in [-0.4, -0.2) is 33.9 Å². The van der Waals surface area contributed by atoms with Crippen LogP contribution in [0.15, 0.2) is 23.9 Å². The number of rotatable bonds is 0. The summed E-state index contributed by atoms with van der Waals surface area (Å²) in [5.41, 5.74) is -2.50. The van der Waals surface area contributed by atoms with E-state index in [4.69, 9.17) is 4.74 Å². The Balaban J connectivity index is 2.10. The molecule has 2 heterocycles. The number of carbonyl (C=O) groups is 1. The van der Waals surface area contributed by atoms with Crippen LogP contribution < -0.4 is 5.32 Å². The Bertz CT molecular complexity index is 425. The second kappa shape index (κ2) is 3.38. The van der Waals surface area contributed by atoms with Gasteiger partial charge in [-0.3, -0.25) is 4.90 Å². The van der Waals surface area contributed by atoms with Gasteiger partial charge in [0.2, 0.25) is 5.67 Å². The van der Waals surface area contributed by atoms with Gasteiger partial charge in [0.1, 0.15) is 5.60 Å². The highest BCUT2D eigenvalue weighted by molar-refractivity contribution is 5.71. The van der Waals surface area contributed by atoms with E-state index >= 15 is 0 Å². The first-order valence-electron chi connectivity index (χ1n) is 5.29. The Kier molecular flexibility index (Phi) is 2.34. The van der Waals surface area contributed by atoms with Gasteiger partial charge >= 0.3 is 6.09 Å². The molecule has 0 aromatic carbocycles. The zero-order valence-electron chi connectivity index (χ0n) is 9.95. The molecule has 0 spiro atoms. The lowest BCUT2D eigenvalue weighted by molar-refractivity contribution is 0.0297. The number of aliphatic hydroxyl groups is 1. The Morgan fingerprint density at radius 1 is 1.65 bits per heavy atom. The topological polar surface area (TPSA) is 61.8 Å². The van der Waals surface area contributed by atoms with Crippen molar-refractivity contribution >= 4 is 6.09 Å². The van der Waals surface area contributed by atoms with Crippen molar-refractivity contribution < 1.29 is 19.0 Å². The lowest BCUT2D eigenvalue weighted by Crippen LogP contribution is -2.38. The van der Waals surface area contributed by atoms with Crippen molar-refractivity contribution in [1.29, 1.82) is 0 Å². The van der Waals surface area contributed by atoms with Crippen LogP contribution in [-0.2, 0) is 4.74 Å². The van der Waals surface area contributed by atoms with Crippen molar-refractivity contribution in [2.75, 3.05) is 6.54 Å². The molecule has 17 heavy (non-hydrogen) atoms. The minimum Gasteiger partial charge on any atom is -0.507 e. The summed E-state index contributed by atoms with van der Waals surface area (Å²) in [4.78, 5) is 12.8. The summed E-state index contributed by atoms with van der Waals surface area (Å²) >= 11 is 0. The van der Waals surface area contributed by atoms with Crippen molar-refractivity contribution in [2.24, 2.45) is 0 Å². The average molecular weight is 242 g/mol. The smallest absolute Gasteiger partial charge is 0.414 e. The van der Waals surface area contributed by atoms with Crippen LogP contribution in [0, 0.1) is 0 Å². The number of hydrogen-bond acceptors (Lipinski definition) is 4. The summed E-state index contributed by atoms with van der Waals surface area (Å²) in [5, 5.41) is 12.0. The number of alkyl halides is 1. The van der Waals surface area contributed by atoms with E-state index in [0.717, 1.165) is 4.90 Å². The molecule has 5 nitrogen and oxygen atoms in total. The highest BCUT2D eigenvalue weighted by Crippen LogP contribution is 2.37. The number of hydrogen-bond donors (Lipinski definition) is 2. The number of fused-ring (bicyclic) bond motifs is 1. The third-order valence-electron chi connectivity index (χ3n) is 2.50. The summed E-state index contributed by atoms with van der Waals surface area (Å²) in [6, 6.07) is 0. The molecule has 2 aliphatic heterocycles. The van der Waals surface area contributed by atoms with Crippen molar-refractivity contribution in [3.05, 3.63) is 23.9 Å². The molecule has 2 rings (SSSR count). The number of nitrogens with one attached hydrogen (secondary N) is 1. The molecule has 1 atom stereocenters. The van der Waals surface area contributed by atoms with Crippen molar-refractivity contribution in [1.82, 2.24) is 10.2 Å². The molecule has 0 radical (unpaired) electrons. The normalized spacial score (nSPS) is 27.2. The fraction of sp³-hybridized carbons (Fsp3) is 0.545. The monoisotopic (exact) mass is 242 g/mol. The zero-order chi connectivity index (χ0) is 12.8. The van der Waals surface area contributed by atoms with E-state index < -0.39 is 23.1 Å². The quantitative estimate of drug-likeness (QED) is 0.679. The van der Waals surface area contributed by atoms with Gasteiger partial charge < -0.3 is 15.2 Å². The van der Waals surface area contributed by atoms with Gasteiger partial charge in [-0.1, -0.05) is 0 Å². The summed E-state index contributed by atoms with van der Waals surface area (Å²) < 4.78 is 19.3. The first-order chi connectivity index (χ1) is 7.72. The highest BCUT2D eigenvalue weighted by Gasteiger charge is 2.50. The van der Waals surface area contributed by atoms with Gasteiger partial charge in [0.15, 0.2) is 5.76 Å². The molecule has 0 bridgehead atoms. The van der Waals surface area contributed by atoms with E-state index in [1.807, 2.05) is 0 Å². The van der Waals surface area contributed by atoms with Crippen LogP contribution in [0.5, 0.6) is 0 Å². The van der Waals surface area contributed by atoms with Crippen LogP contribution in [0.4, 0.5) is 9.18 Å². The Hall–Kier alpha value is -1.72. The van der Waals surface area contributed by atoms with Crippen molar-refractivity contribution in [3.63, 3.8) is 0 Å². The molecule has 94 valence electrons. The minimum atomic E-state index is -2.02. The van der Waals surface area contributed by atoms with Crippen LogP contribution in [0.25, 0.3) is 0 Å². The SMILES string of the molecule is CC(C)(C)OC(=O)N1C=C2NC=C(O)C2(F)C1. The first-order valence-corrected chi connectivity index (χ1v) is 5.29. The maximum Gasteiger partial charge on any atom is 0.414 e. The van der Waals surface area contributed by atoms with E-state index in [9.17, 15) is 14.3 Å².